The van der Waals surface area contributed by atoms with Crippen molar-refractivity contribution in [3.8, 4) is 0 Å². The summed E-state index contributed by atoms with van der Waals surface area (Å²) in [5.74, 6) is -0.187. The lowest BCUT2D eigenvalue weighted by Gasteiger charge is -2.20. The Bertz CT molecular complexity index is 933. The highest BCUT2D eigenvalue weighted by atomic mass is 16.1. The van der Waals surface area contributed by atoms with Crippen molar-refractivity contribution >= 4 is 11.7 Å². The minimum absolute atomic E-state index is 0.0479. The van der Waals surface area contributed by atoms with Crippen LogP contribution in [0.25, 0.3) is 0 Å². The minimum atomic E-state index is -0.0776. The van der Waals surface area contributed by atoms with Gasteiger partial charge in [0, 0.05) is 23.3 Å². The molecule has 0 aliphatic carbocycles. The van der Waals surface area contributed by atoms with Gasteiger partial charge in [-0.05, 0) is 75.9 Å². The lowest BCUT2D eigenvalue weighted by atomic mass is 9.85. The van der Waals surface area contributed by atoms with E-state index in [0.717, 1.165) is 41.8 Å². The molecule has 0 saturated heterocycles. The minimum Gasteiger partial charge on any atom is -0.326 e. The number of rotatable bonds is 12. The van der Waals surface area contributed by atoms with E-state index >= 15 is 0 Å². The maximum Gasteiger partial charge on any atom is 0.224 e. The number of benzene rings is 1. The molecule has 0 aliphatic rings. The molecule has 1 atom stereocenters. The number of hydrogen-bond donors (Lipinski definition) is 2. The molecule has 1 amide bonds. The van der Waals surface area contributed by atoms with Crippen molar-refractivity contribution < 1.29 is 9.59 Å². The van der Waals surface area contributed by atoms with Gasteiger partial charge in [0.05, 0.1) is 0 Å². The van der Waals surface area contributed by atoms with Crippen LogP contribution in [0.15, 0.2) is 91.7 Å². The van der Waals surface area contributed by atoms with Gasteiger partial charge in [0.25, 0.3) is 0 Å². The number of nitrogens with one attached hydrogen (secondary N) is 2. The Labute approximate surface area is 220 Å². The Morgan fingerprint density at radius 3 is 2.14 bits per heavy atom. The first kappa shape index (κ1) is 34.9. The summed E-state index contributed by atoms with van der Waals surface area (Å²) in [5, 5.41) is 5.87. The lowest BCUT2D eigenvalue weighted by Crippen LogP contribution is -2.25. The molecule has 2 N–H and O–H groups in total. The highest BCUT2D eigenvalue weighted by Crippen LogP contribution is 2.30. The van der Waals surface area contributed by atoms with Crippen LogP contribution in [0.3, 0.4) is 0 Å². The maximum absolute atomic E-state index is 13.3. The topological polar surface area (TPSA) is 58.2 Å². The molecular weight excluding hydrogens is 444 g/mol. The third kappa shape index (κ3) is 12.5. The number of carbonyl (C=O) groups is 2. The van der Waals surface area contributed by atoms with Crippen LogP contribution in [0.2, 0.25) is 0 Å². The van der Waals surface area contributed by atoms with Crippen molar-refractivity contribution in [2.24, 2.45) is 0 Å². The first-order chi connectivity index (χ1) is 17.2. The smallest absolute Gasteiger partial charge is 0.224 e. The molecule has 4 heteroatoms. The van der Waals surface area contributed by atoms with E-state index in [0.29, 0.717) is 17.6 Å². The summed E-state index contributed by atoms with van der Waals surface area (Å²) in [6.45, 7) is 26.5. The summed E-state index contributed by atoms with van der Waals surface area (Å²) in [7, 11) is 1.93. The second-order valence-electron chi connectivity index (χ2n) is 8.01. The summed E-state index contributed by atoms with van der Waals surface area (Å²) in [4.78, 5) is 26.0. The van der Waals surface area contributed by atoms with E-state index in [2.05, 4.69) is 50.8 Å². The number of aryl methyl sites for hydroxylation is 1. The van der Waals surface area contributed by atoms with Crippen molar-refractivity contribution in [2.45, 2.75) is 66.7 Å². The Morgan fingerprint density at radius 2 is 1.72 bits per heavy atom. The van der Waals surface area contributed by atoms with E-state index in [1.54, 1.807) is 18.2 Å². The van der Waals surface area contributed by atoms with Gasteiger partial charge in [-0.25, -0.2) is 0 Å². The first-order valence-corrected chi connectivity index (χ1v) is 12.6. The summed E-state index contributed by atoms with van der Waals surface area (Å²) in [5.41, 5.74) is 4.79. The molecular formula is C32H48N2O2. The number of allylic oxidation sites excluding steroid dienone is 7. The van der Waals surface area contributed by atoms with Crippen LogP contribution in [-0.4, -0.2) is 25.3 Å². The average molecular weight is 493 g/mol. The van der Waals surface area contributed by atoms with Crippen molar-refractivity contribution in [1.29, 1.82) is 0 Å². The molecule has 36 heavy (non-hydrogen) atoms. The highest BCUT2D eigenvalue weighted by molar-refractivity contribution is 6.11. The van der Waals surface area contributed by atoms with Crippen molar-refractivity contribution in [3.05, 3.63) is 108 Å². The Morgan fingerprint density at radius 1 is 1.11 bits per heavy atom. The largest absolute Gasteiger partial charge is 0.326 e. The molecule has 0 aromatic heterocycles. The number of hydrogen-bond acceptors (Lipinski definition) is 3. The molecule has 0 spiro atoms. The standard InChI is InChI=1S/C27H35NO2.C3H9N.C2H4/c1-8-13-22(14-9-2)27(30)24-17-20(10-3)15-16-23(24)21(11-4)18-26(29)28-25(12-5)19(6)7;1-3-4-2;1-2/h8-9,12-17,21H,1,6,10-11,18H2,2-5,7H3,(H,28,29);4H,3H2,1-2H3;1-2H2/b14-9-,22-13+,25-12+;;. The third-order valence-corrected chi connectivity index (χ3v) is 5.42. The molecule has 1 rings (SSSR count). The molecule has 0 aliphatic heterocycles. The zero-order valence-corrected chi connectivity index (χ0v) is 23.7. The number of amides is 1. The molecule has 1 aromatic rings. The molecule has 0 fully saturated rings. The summed E-state index contributed by atoms with van der Waals surface area (Å²) >= 11 is 0. The number of Topliss-reactive ketones (excluding diaryl/α,β-unsaturated/α-hetero) is 1. The van der Waals surface area contributed by atoms with E-state index in [1.807, 2.05) is 65.1 Å². The average Bonchev–Trinajstić information content (AvgIpc) is 2.90. The van der Waals surface area contributed by atoms with Gasteiger partial charge in [-0.15, -0.1) is 13.2 Å². The molecule has 1 unspecified atom stereocenters. The molecule has 4 nitrogen and oxygen atoms in total. The van der Waals surface area contributed by atoms with Crippen molar-refractivity contribution in [3.63, 3.8) is 0 Å². The van der Waals surface area contributed by atoms with Crippen LogP contribution in [0.1, 0.15) is 81.8 Å². The summed E-state index contributed by atoms with van der Waals surface area (Å²) in [6.07, 6.45) is 10.7. The predicted molar refractivity (Wildman–Crippen MR) is 158 cm³/mol. The fraction of sp³-hybridized carbons (Fsp3) is 0.375. The van der Waals surface area contributed by atoms with Crippen LogP contribution in [-0.2, 0) is 11.2 Å². The van der Waals surface area contributed by atoms with Crippen molar-refractivity contribution in [2.75, 3.05) is 13.6 Å². The van der Waals surface area contributed by atoms with Crippen LogP contribution in [0.4, 0.5) is 0 Å². The molecule has 0 radical (unpaired) electrons. The van der Waals surface area contributed by atoms with Gasteiger partial charge in [0.15, 0.2) is 5.78 Å². The second kappa shape index (κ2) is 21.1. The summed E-state index contributed by atoms with van der Waals surface area (Å²) in [6, 6.07) is 6.01. The molecule has 0 saturated carbocycles. The van der Waals surface area contributed by atoms with Gasteiger partial charge in [-0.3, -0.25) is 9.59 Å². The zero-order chi connectivity index (χ0) is 28.1. The van der Waals surface area contributed by atoms with Crippen molar-refractivity contribution in [1.82, 2.24) is 10.6 Å². The van der Waals surface area contributed by atoms with Crippen LogP contribution in [0, 0.1) is 0 Å². The quantitative estimate of drug-likeness (QED) is 0.136. The van der Waals surface area contributed by atoms with Crippen LogP contribution < -0.4 is 10.6 Å². The summed E-state index contributed by atoms with van der Waals surface area (Å²) < 4.78 is 0. The van der Waals surface area contributed by atoms with Gasteiger partial charge in [0.1, 0.15) is 0 Å². The number of ketones is 1. The van der Waals surface area contributed by atoms with E-state index < -0.39 is 0 Å². The Balaban J connectivity index is 0. The Hall–Kier alpha value is -3.24. The molecule has 198 valence electrons. The van der Waals surface area contributed by atoms with E-state index in [1.165, 1.54) is 0 Å². The molecule has 1 aromatic carbocycles. The van der Waals surface area contributed by atoms with E-state index in [4.69, 9.17) is 0 Å². The highest BCUT2D eigenvalue weighted by Gasteiger charge is 2.22. The molecule has 0 heterocycles. The van der Waals surface area contributed by atoms with Gasteiger partial charge < -0.3 is 10.6 Å². The fourth-order valence-corrected chi connectivity index (χ4v) is 3.37. The van der Waals surface area contributed by atoms with Gasteiger partial charge >= 0.3 is 0 Å². The number of carbonyl (C=O) groups excluding carboxylic acids is 2. The van der Waals surface area contributed by atoms with E-state index in [-0.39, 0.29) is 17.6 Å². The second-order valence-corrected chi connectivity index (χ2v) is 8.01. The normalized spacial score (nSPS) is 12.0. The van der Waals surface area contributed by atoms with Gasteiger partial charge in [-0.1, -0.05) is 76.4 Å². The van der Waals surface area contributed by atoms with Gasteiger partial charge in [0.2, 0.25) is 5.91 Å². The first-order valence-electron chi connectivity index (χ1n) is 12.6. The predicted octanol–water partition coefficient (Wildman–Crippen LogP) is 7.63. The third-order valence-electron chi connectivity index (χ3n) is 5.42. The zero-order valence-electron chi connectivity index (χ0n) is 23.7. The maximum atomic E-state index is 13.3. The van der Waals surface area contributed by atoms with Gasteiger partial charge in [-0.2, -0.15) is 0 Å². The molecule has 0 bridgehead atoms. The monoisotopic (exact) mass is 492 g/mol. The van der Waals surface area contributed by atoms with Crippen LogP contribution in [0.5, 0.6) is 0 Å². The fourth-order valence-electron chi connectivity index (χ4n) is 3.37. The van der Waals surface area contributed by atoms with E-state index in [9.17, 15) is 9.59 Å². The van der Waals surface area contributed by atoms with Crippen LogP contribution >= 0.6 is 0 Å². The SMILES string of the molecule is C=C.C=C/C=C(\C=C/C)C(=O)c1cc(CC)ccc1C(CC)CC(=O)N/C(=C/C)C(=C)C.CCNC. The Kier molecular flexibility index (Phi) is 20.4. The lowest BCUT2D eigenvalue weighted by molar-refractivity contribution is -0.120.